The van der Waals surface area contributed by atoms with Gasteiger partial charge in [0.05, 0.1) is 19.0 Å². The standard InChI is InChI=1S/C18H17ClN2O2/c1-11-8-13(19)6-7-15(11)17(22)18-20-10-16(21-18)12-4-3-5-14(9-12)23-2/h3-10,17,22H,1-2H3,(H,20,21). The molecule has 2 N–H and O–H groups in total. The normalized spacial score (nSPS) is 12.2. The molecule has 0 saturated carbocycles. The highest BCUT2D eigenvalue weighted by molar-refractivity contribution is 6.30. The van der Waals surface area contributed by atoms with Crippen molar-refractivity contribution in [2.45, 2.75) is 13.0 Å². The van der Waals surface area contributed by atoms with E-state index < -0.39 is 6.10 Å². The molecule has 5 heteroatoms. The minimum absolute atomic E-state index is 0.494. The summed E-state index contributed by atoms with van der Waals surface area (Å²) < 4.78 is 5.23. The lowest BCUT2D eigenvalue weighted by atomic mass is 10.0. The Kier molecular flexibility index (Phi) is 4.37. The summed E-state index contributed by atoms with van der Waals surface area (Å²) in [6.07, 6.45) is 0.880. The van der Waals surface area contributed by atoms with E-state index in [1.54, 1.807) is 19.4 Å². The third-order valence-electron chi connectivity index (χ3n) is 3.76. The molecular formula is C18H17ClN2O2. The van der Waals surface area contributed by atoms with Crippen molar-refractivity contribution in [3.63, 3.8) is 0 Å². The Bertz CT molecular complexity index is 829. The molecule has 0 aliphatic carbocycles. The van der Waals surface area contributed by atoms with E-state index in [1.807, 2.05) is 43.3 Å². The van der Waals surface area contributed by atoms with Crippen molar-refractivity contribution < 1.29 is 9.84 Å². The summed E-state index contributed by atoms with van der Waals surface area (Å²) in [4.78, 5) is 7.48. The van der Waals surface area contributed by atoms with Crippen LogP contribution in [0.1, 0.15) is 23.1 Å². The third-order valence-corrected chi connectivity index (χ3v) is 4.00. The number of nitrogens with one attached hydrogen (secondary N) is 1. The molecule has 0 spiro atoms. The van der Waals surface area contributed by atoms with Crippen molar-refractivity contribution in [2.75, 3.05) is 7.11 Å². The average Bonchev–Trinajstić information content (AvgIpc) is 3.04. The van der Waals surface area contributed by atoms with Crippen molar-refractivity contribution in [1.82, 2.24) is 9.97 Å². The SMILES string of the molecule is COc1cccc(-c2cnc(C(O)c3ccc(Cl)cc3C)[nH]2)c1. The van der Waals surface area contributed by atoms with Crippen LogP contribution in [0.3, 0.4) is 0 Å². The van der Waals surface area contributed by atoms with Crippen LogP contribution in [0, 0.1) is 6.92 Å². The molecule has 23 heavy (non-hydrogen) atoms. The molecule has 0 aliphatic heterocycles. The van der Waals surface area contributed by atoms with Gasteiger partial charge in [0.15, 0.2) is 0 Å². The van der Waals surface area contributed by atoms with Gasteiger partial charge >= 0.3 is 0 Å². The van der Waals surface area contributed by atoms with E-state index in [1.165, 1.54) is 0 Å². The number of aliphatic hydroxyl groups is 1. The number of aryl methyl sites for hydroxylation is 1. The number of aromatic amines is 1. The van der Waals surface area contributed by atoms with Crippen LogP contribution in [-0.4, -0.2) is 22.2 Å². The number of aromatic nitrogens is 2. The largest absolute Gasteiger partial charge is 0.497 e. The molecule has 4 nitrogen and oxygen atoms in total. The number of benzene rings is 2. The molecule has 0 fully saturated rings. The van der Waals surface area contributed by atoms with Crippen molar-refractivity contribution in [1.29, 1.82) is 0 Å². The van der Waals surface area contributed by atoms with Crippen LogP contribution < -0.4 is 4.74 Å². The van der Waals surface area contributed by atoms with Crippen molar-refractivity contribution in [2.24, 2.45) is 0 Å². The second-order valence-electron chi connectivity index (χ2n) is 5.32. The molecule has 1 heterocycles. The maximum atomic E-state index is 10.6. The molecule has 118 valence electrons. The number of rotatable bonds is 4. The smallest absolute Gasteiger partial charge is 0.140 e. The van der Waals surface area contributed by atoms with Gasteiger partial charge in [-0.25, -0.2) is 4.98 Å². The molecule has 1 atom stereocenters. The second-order valence-corrected chi connectivity index (χ2v) is 5.75. The lowest BCUT2D eigenvalue weighted by Gasteiger charge is -2.11. The highest BCUT2D eigenvalue weighted by Crippen LogP contribution is 2.28. The van der Waals surface area contributed by atoms with Gasteiger partial charge in [0.25, 0.3) is 0 Å². The lowest BCUT2D eigenvalue weighted by molar-refractivity contribution is 0.210. The fraction of sp³-hybridized carbons (Fsp3) is 0.167. The number of nitrogens with zero attached hydrogens (tertiary/aromatic N) is 1. The Morgan fingerprint density at radius 1 is 1.22 bits per heavy atom. The van der Waals surface area contributed by atoms with Crippen LogP contribution >= 0.6 is 11.6 Å². The van der Waals surface area contributed by atoms with Gasteiger partial charge in [0.1, 0.15) is 17.7 Å². The zero-order valence-corrected chi connectivity index (χ0v) is 13.6. The third kappa shape index (κ3) is 3.23. The Morgan fingerprint density at radius 3 is 2.78 bits per heavy atom. The number of aliphatic hydroxyl groups excluding tert-OH is 1. The highest BCUT2D eigenvalue weighted by atomic mass is 35.5. The van der Waals surface area contributed by atoms with E-state index in [2.05, 4.69) is 9.97 Å². The summed E-state index contributed by atoms with van der Waals surface area (Å²) in [7, 11) is 1.63. The van der Waals surface area contributed by atoms with Crippen LogP contribution in [0.25, 0.3) is 11.3 Å². The van der Waals surface area contributed by atoms with E-state index in [4.69, 9.17) is 16.3 Å². The predicted octanol–water partition coefficient (Wildman–Crippen LogP) is 4.13. The maximum absolute atomic E-state index is 10.6. The monoisotopic (exact) mass is 328 g/mol. The van der Waals surface area contributed by atoms with Gasteiger partial charge in [-0.3, -0.25) is 0 Å². The van der Waals surface area contributed by atoms with Crippen LogP contribution in [0.2, 0.25) is 5.02 Å². The summed E-state index contributed by atoms with van der Waals surface area (Å²) in [6, 6.07) is 13.1. The summed E-state index contributed by atoms with van der Waals surface area (Å²) in [5, 5.41) is 11.2. The summed E-state index contributed by atoms with van der Waals surface area (Å²) in [5.41, 5.74) is 3.47. The number of hydrogen-bond donors (Lipinski definition) is 2. The minimum atomic E-state index is -0.827. The first-order valence-corrected chi connectivity index (χ1v) is 7.59. The van der Waals surface area contributed by atoms with Gasteiger partial charge in [-0.15, -0.1) is 0 Å². The van der Waals surface area contributed by atoms with Crippen molar-refractivity contribution in [3.05, 3.63) is 70.6 Å². The van der Waals surface area contributed by atoms with Crippen molar-refractivity contribution in [3.8, 4) is 17.0 Å². The molecule has 1 unspecified atom stereocenters. The van der Waals surface area contributed by atoms with E-state index in [0.29, 0.717) is 10.8 Å². The number of imidazole rings is 1. The van der Waals surface area contributed by atoms with E-state index >= 15 is 0 Å². The Hall–Kier alpha value is -2.30. The molecule has 0 radical (unpaired) electrons. The Labute approximate surface area is 139 Å². The number of hydrogen-bond acceptors (Lipinski definition) is 3. The van der Waals surface area contributed by atoms with Gasteiger partial charge in [-0.2, -0.15) is 0 Å². The van der Waals surface area contributed by atoms with Gasteiger partial charge < -0.3 is 14.8 Å². The van der Waals surface area contributed by atoms with Crippen molar-refractivity contribution >= 4 is 11.6 Å². The van der Waals surface area contributed by atoms with Crippen LogP contribution in [0.15, 0.2) is 48.7 Å². The maximum Gasteiger partial charge on any atom is 0.140 e. The number of ether oxygens (including phenoxy) is 1. The zero-order valence-electron chi connectivity index (χ0n) is 12.9. The highest BCUT2D eigenvalue weighted by Gasteiger charge is 2.17. The van der Waals surface area contributed by atoms with E-state index in [9.17, 15) is 5.11 Å². The average molecular weight is 329 g/mol. The van der Waals surface area contributed by atoms with Crippen LogP contribution in [-0.2, 0) is 0 Å². The molecule has 3 rings (SSSR count). The molecule has 0 saturated heterocycles. The first kappa shape index (κ1) is 15.6. The van der Waals surface area contributed by atoms with Gasteiger partial charge in [0, 0.05) is 10.6 Å². The first-order chi connectivity index (χ1) is 11.1. The van der Waals surface area contributed by atoms with E-state index in [0.717, 1.165) is 28.1 Å². The molecular weight excluding hydrogens is 312 g/mol. The molecule has 1 aromatic heterocycles. The van der Waals surface area contributed by atoms with Crippen LogP contribution in [0.5, 0.6) is 5.75 Å². The Morgan fingerprint density at radius 2 is 2.04 bits per heavy atom. The number of halogens is 1. The quantitative estimate of drug-likeness (QED) is 0.757. The molecule has 0 aliphatic rings. The Balaban J connectivity index is 1.91. The molecule has 0 amide bonds. The predicted molar refractivity (Wildman–Crippen MR) is 90.8 cm³/mol. The summed E-state index contributed by atoms with van der Waals surface area (Å²) >= 11 is 5.96. The molecule has 3 aromatic rings. The number of methoxy groups -OCH3 is 1. The van der Waals surface area contributed by atoms with Crippen LogP contribution in [0.4, 0.5) is 0 Å². The fourth-order valence-electron chi connectivity index (χ4n) is 2.51. The second kappa shape index (κ2) is 6.44. The molecule has 0 bridgehead atoms. The van der Waals surface area contributed by atoms with Gasteiger partial charge in [-0.05, 0) is 42.3 Å². The fourth-order valence-corrected chi connectivity index (χ4v) is 2.73. The lowest BCUT2D eigenvalue weighted by Crippen LogP contribution is -2.04. The first-order valence-electron chi connectivity index (χ1n) is 7.22. The zero-order chi connectivity index (χ0) is 16.4. The molecule has 2 aromatic carbocycles. The van der Waals surface area contributed by atoms with Gasteiger partial charge in [0.2, 0.25) is 0 Å². The summed E-state index contributed by atoms with van der Waals surface area (Å²) in [5.74, 6) is 1.26. The minimum Gasteiger partial charge on any atom is -0.497 e. The topological polar surface area (TPSA) is 58.1 Å². The summed E-state index contributed by atoms with van der Waals surface area (Å²) in [6.45, 7) is 1.91. The number of H-pyrrole nitrogens is 1. The van der Waals surface area contributed by atoms with E-state index in [-0.39, 0.29) is 0 Å². The van der Waals surface area contributed by atoms with Gasteiger partial charge in [-0.1, -0.05) is 29.8 Å².